The van der Waals surface area contributed by atoms with E-state index in [1.54, 1.807) is 18.2 Å². The number of halogens is 1. The van der Waals surface area contributed by atoms with Crippen molar-refractivity contribution >= 4 is 35.0 Å². The average molecular weight is 388 g/mol. The molecule has 0 fully saturated rings. The molecule has 0 atom stereocenters. The van der Waals surface area contributed by atoms with E-state index in [1.165, 1.54) is 26.4 Å². The van der Waals surface area contributed by atoms with Crippen molar-refractivity contribution in [1.82, 2.24) is 0 Å². The van der Waals surface area contributed by atoms with Crippen molar-refractivity contribution in [2.45, 2.75) is 6.92 Å². The van der Waals surface area contributed by atoms with E-state index in [0.29, 0.717) is 11.1 Å². The second kappa shape index (κ2) is 9.00. The van der Waals surface area contributed by atoms with Gasteiger partial charge < -0.3 is 14.8 Å². The van der Waals surface area contributed by atoms with Crippen LogP contribution in [0, 0.1) is 6.92 Å². The molecule has 1 N–H and O–H groups in total. The highest BCUT2D eigenvalue weighted by molar-refractivity contribution is 6.33. The SMILES string of the molecule is COC(=O)/C=C(/Nc1cc(C(=O)c2ccc(C)cc2)ccc1Cl)C(=O)OC. The summed E-state index contributed by atoms with van der Waals surface area (Å²) in [5.74, 6) is -1.73. The van der Waals surface area contributed by atoms with Crippen molar-refractivity contribution in [1.29, 1.82) is 0 Å². The largest absolute Gasteiger partial charge is 0.466 e. The van der Waals surface area contributed by atoms with Gasteiger partial charge in [0.1, 0.15) is 5.70 Å². The number of carbonyl (C=O) groups is 3. The first-order valence-corrected chi connectivity index (χ1v) is 8.29. The van der Waals surface area contributed by atoms with Gasteiger partial charge in [-0.3, -0.25) is 4.79 Å². The molecule has 0 unspecified atom stereocenters. The molecule has 6 nitrogen and oxygen atoms in total. The number of esters is 2. The molecule has 2 aromatic carbocycles. The minimum Gasteiger partial charge on any atom is -0.466 e. The highest BCUT2D eigenvalue weighted by Gasteiger charge is 2.16. The second-order valence-corrected chi connectivity index (χ2v) is 5.99. The smallest absolute Gasteiger partial charge is 0.354 e. The summed E-state index contributed by atoms with van der Waals surface area (Å²) in [5.41, 5.74) is 2.03. The summed E-state index contributed by atoms with van der Waals surface area (Å²) in [6.45, 7) is 1.93. The summed E-state index contributed by atoms with van der Waals surface area (Å²) in [6.07, 6.45) is 0.941. The van der Waals surface area contributed by atoms with Crippen molar-refractivity contribution in [2.75, 3.05) is 19.5 Å². The van der Waals surface area contributed by atoms with Crippen molar-refractivity contribution in [3.05, 3.63) is 76.0 Å². The van der Waals surface area contributed by atoms with E-state index in [1.807, 2.05) is 19.1 Å². The highest BCUT2D eigenvalue weighted by Crippen LogP contribution is 2.26. The van der Waals surface area contributed by atoms with Gasteiger partial charge >= 0.3 is 11.9 Å². The predicted octanol–water partition coefficient (Wildman–Crippen LogP) is 3.52. The maximum absolute atomic E-state index is 12.7. The van der Waals surface area contributed by atoms with E-state index in [0.717, 1.165) is 11.6 Å². The Morgan fingerprint density at radius 3 is 2.19 bits per heavy atom. The number of nitrogens with one attached hydrogen (secondary N) is 1. The zero-order valence-electron chi connectivity index (χ0n) is 15.0. The third kappa shape index (κ3) is 5.18. The minimum absolute atomic E-state index is 0.175. The molecule has 0 aromatic heterocycles. The number of anilines is 1. The van der Waals surface area contributed by atoms with Crippen molar-refractivity contribution in [3.63, 3.8) is 0 Å². The van der Waals surface area contributed by atoms with Crippen LogP contribution in [0.1, 0.15) is 21.5 Å². The number of ether oxygens (including phenoxy) is 2. The Morgan fingerprint density at radius 2 is 1.59 bits per heavy atom. The monoisotopic (exact) mass is 387 g/mol. The van der Waals surface area contributed by atoms with Crippen molar-refractivity contribution in [2.24, 2.45) is 0 Å². The summed E-state index contributed by atoms with van der Waals surface area (Å²) in [6, 6.07) is 11.8. The summed E-state index contributed by atoms with van der Waals surface area (Å²) in [7, 11) is 2.36. The first-order chi connectivity index (χ1) is 12.8. The molecule has 140 valence electrons. The van der Waals surface area contributed by atoms with Crippen LogP contribution in [0.25, 0.3) is 0 Å². The molecule has 0 bridgehead atoms. The molecule has 0 radical (unpaired) electrons. The Bertz CT molecular complexity index is 903. The molecule has 2 aromatic rings. The van der Waals surface area contributed by atoms with E-state index in [9.17, 15) is 14.4 Å². The number of hydrogen-bond acceptors (Lipinski definition) is 6. The molecule has 0 spiro atoms. The van der Waals surface area contributed by atoms with E-state index in [2.05, 4.69) is 14.8 Å². The van der Waals surface area contributed by atoms with E-state index in [-0.39, 0.29) is 22.2 Å². The lowest BCUT2D eigenvalue weighted by Gasteiger charge is -2.12. The number of rotatable bonds is 6. The van der Waals surface area contributed by atoms with Crippen LogP contribution in [0.5, 0.6) is 0 Å². The molecule has 0 heterocycles. The van der Waals surface area contributed by atoms with Crippen LogP contribution in [0.15, 0.2) is 54.2 Å². The highest BCUT2D eigenvalue weighted by atomic mass is 35.5. The van der Waals surface area contributed by atoms with Gasteiger partial charge in [0.2, 0.25) is 0 Å². The quantitative estimate of drug-likeness (QED) is 0.464. The maximum atomic E-state index is 12.7. The number of hydrogen-bond donors (Lipinski definition) is 1. The van der Waals surface area contributed by atoms with Gasteiger partial charge in [-0.25, -0.2) is 9.59 Å². The Morgan fingerprint density at radius 1 is 0.963 bits per heavy atom. The summed E-state index contributed by atoms with van der Waals surface area (Å²) in [5, 5.41) is 2.98. The van der Waals surface area contributed by atoms with Crippen LogP contribution < -0.4 is 5.32 Å². The predicted molar refractivity (Wildman–Crippen MR) is 102 cm³/mol. The zero-order valence-corrected chi connectivity index (χ0v) is 15.8. The Kier molecular flexibility index (Phi) is 6.73. The van der Waals surface area contributed by atoms with E-state index < -0.39 is 11.9 Å². The normalized spacial score (nSPS) is 10.9. The van der Waals surface area contributed by atoms with Gasteiger partial charge in [0, 0.05) is 11.1 Å². The molecule has 0 aliphatic carbocycles. The molecule has 0 saturated carbocycles. The van der Waals surface area contributed by atoms with Gasteiger partial charge in [-0.1, -0.05) is 41.4 Å². The number of benzene rings is 2. The summed E-state index contributed by atoms with van der Waals surface area (Å²) < 4.78 is 9.16. The van der Waals surface area contributed by atoms with Gasteiger partial charge in [-0.2, -0.15) is 0 Å². The Hall–Kier alpha value is -3.12. The van der Waals surface area contributed by atoms with Crippen molar-refractivity contribution in [3.8, 4) is 0 Å². The van der Waals surface area contributed by atoms with Crippen LogP contribution in [-0.4, -0.2) is 31.9 Å². The molecular weight excluding hydrogens is 370 g/mol. The molecule has 0 aliphatic heterocycles. The van der Waals surface area contributed by atoms with Gasteiger partial charge in [-0.15, -0.1) is 0 Å². The molecule has 0 aliphatic rings. The van der Waals surface area contributed by atoms with Crippen LogP contribution in [-0.2, 0) is 19.1 Å². The molecule has 27 heavy (non-hydrogen) atoms. The first-order valence-electron chi connectivity index (χ1n) is 7.91. The lowest BCUT2D eigenvalue weighted by molar-refractivity contribution is -0.138. The van der Waals surface area contributed by atoms with E-state index in [4.69, 9.17) is 11.6 Å². The third-order valence-corrected chi connectivity index (χ3v) is 4.01. The summed E-state index contributed by atoms with van der Waals surface area (Å²) >= 11 is 6.16. The number of methoxy groups -OCH3 is 2. The lowest BCUT2D eigenvalue weighted by atomic mass is 10.0. The van der Waals surface area contributed by atoms with Gasteiger partial charge in [0.15, 0.2) is 5.78 Å². The molecule has 2 rings (SSSR count). The Balaban J connectivity index is 2.37. The van der Waals surface area contributed by atoms with Gasteiger partial charge in [0.25, 0.3) is 0 Å². The molecular formula is C20H18ClNO5. The number of aryl methyl sites for hydroxylation is 1. The molecule has 7 heteroatoms. The molecule has 0 amide bonds. The van der Waals surface area contributed by atoms with Crippen LogP contribution in [0.4, 0.5) is 5.69 Å². The van der Waals surface area contributed by atoms with Crippen LogP contribution >= 0.6 is 11.6 Å². The van der Waals surface area contributed by atoms with Crippen LogP contribution in [0.3, 0.4) is 0 Å². The Labute approximate surface area is 161 Å². The first kappa shape index (κ1) is 20.2. The molecule has 0 saturated heterocycles. The summed E-state index contributed by atoms with van der Waals surface area (Å²) in [4.78, 5) is 36.0. The number of ketones is 1. The van der Waals surface area contributed by atoms with Crippen LogP contribution in [0.2, 0.25) is 5.02 Å². The lowest BCUT2D eigenvalue weighted by Crippen LogP contribution is -2.16. The van der Waals surface area contributed by atoms with Gasteiger partial charge in [-0.05, 0) is 25.1 Å². The average Bonchev–Trinajstić information content (AvgIpc) is 2.68. The second-order valence-electron chi connectivity index (χ2n) is 5.59. The zero-order chi connectivity index (χ0) is 20.0. The third-order valence-electron chi connectivity index (χ3n) is 3.68. The van der Waals surface area contributed by atoms with Gasteiger partial charge in [0.05, 0.1) is 31.0 Å². The topological polar surface area (TPSA) is 81.7 Å². The fraction of sp³-hybridized carbons (Fsp3) is 0.150. The van der Waals surface area contributed by atoms with E-state index >= 15 is 0 Å². The fourth-order valence-electron chi connectivity index (χ4n) is 2.21. The minimum atomic E-state index is -0.785. The standard InChI is InChI=1S/C20H18ClNO5/c1-12-4-6-13(7-5-12)19(24)14-8-9-15(21)16(10-14)22-17(20(25)27-3)11-18(23)26-2/h4-11,22H,1-3H3/b17-11+. The fourth-order valence-corrected chi connectivity index (χ4v) is 2.38. The number of carbonyl (C=O) groups excluding carboxylic acids is 3. The van der Waals surface area contributed by atoms with Crippen molar-refractivity contribution < 1.29 is 23.9 Å². The maximum Gasteiger partial charge on any atom is 0.354 e.